The summed E-state index contributed by atoms with van der Waals surface area (Å²) in [7, 11) is 3.32. The zero-order valence-corrected chi connectivity index (χ0v) is 11.2. The molecule has 0 aliphatic carbocycles. The maximum atomic E-state index is 5.21. The average Bonchev–Trinajstić information content (AvgIpc) is 2.47. The van der Waals surface area contributed by atoms with Crippen LogP contribution in [0.5, 0.6) is 5.88 Å². The van der Waals surface area contributed by atoms with Crippen molar-refractivity contribution in [3.05, 3.63) is 53.7 Å². The molecule has 4 heteroatoms. The summed E-state index contributed by atoms with van der Waals surface area (Å²) in [6.07, 6.45) is 1.71. The molecule has 0 aliphatic heterocycles. The third-order valence-electron chi connectivity index (χ3n) is 2.85. The molecule has 0 amide bonds. The number of hydrogen-bond donors (Lipinski definition) is 1. The second-order valence-electron chi connectivity index (χ2n) is 4.12. The maximum absolute atomic E-state index is 5.21. The lowest BCUT2D eigenvalue weighted by Gasteiger charge is -2.12. The SMILES string of the molecule is COCc1ccccc1CNc1cccnc1OC. The van der Waals surface area contributed by atoms with Gasteiger partial charge in [-0.25, -0.2) is 4.98 Å². The fraction of sp³-hybridized carbons (Fsp3) is 0.267. The van der Waals surface area contributed by atoms with Crippen molar-refractivity contribution in [2.24, 2.45) is 0 Å². The van der Waals surface area contributed by atoms with Gasteiger partial charge in [0, 0.05) is 19.9 Å². The van der Waals surface area contributed by atoms with Crippen molar-refractivity contribution < 1.29 is 9.47 Å². The Balaban J connectivity index is 2.10. The van der Waals surface area contributed by atoms with Crippen LogP contribution in [0.15, 0.2) is 42.6 Å². The highest BCUT2D eigenvalue weighted by molar-refractivity contribution is 5.52. The summed E-state index contributed by atoms with van der Waals surface area (Å²) in [5.74, 6) is 0.603. The van der Waals surface area contributed by atoms with Gasteiger partial charge in [-0.05, 0) is 23.3 Å². The topological polar surface area (TPSA) is 43.4 Å². The standard InChI is InChI=1S/C15H18N2O2/c1-18-11-13-7-4-3-6-12(13)10-17-14-8-5-9-16-15(14)19-2/h3-9,17H,10-11H2,1-2H3. The van der Waals surface area contributed by atoms with Crippen LogP contribution in [0.25, 0.3) is 0 Å². The Morgan fingerprint density at radius 1 is 1.05 bits per heavy atom. The Kier molecular flexibility index (Phi) is 4.75. The van der Waals surface area contributed by atoms with Crippen LogP contribution in [0.3, 0.4) is 0 Å². The van der Waals surface area contributed by atoms with Gasteiger partial charge in [0.25, 0.3) is 0 Å². The summed E-state index contributed by atoms with van der Waals surface area (Å²) in [4.78, 5) is 4.16. The monoisotopic (exact) mass is 258 g/mol. The predicted molar refractivity (Wildman–Crippen MR) is 75.3 cm³/mol. The summed E-state index contributed by atoms with van der Waals surface area (Å²) in [5, 5.41) is 3.34. The highest BCUT2D eigenvalue weighted by atomic mass is 16.5. The van der Waals surface area contributed by atoms with E-state index in [9.17, 15) is 0 Å². The Hall–Kier alpha value is -2.07. The molecule has 1 aromatic heterocycles. The van der Waals surface area contributed by atoms with E-state index in [1.165, 1.54) is 11.1 Å². The molecule has 0 unspecified atom stereocenters. The molecule has 4 nitrogen and oxygen atoms in total. The van der Waals surface area contributed by atoms with Crippen molar-refractivity contribution in [2.45, 2.75) is 13.2 Å². The summed E-state index contributed by atoms with van der Waals surface area (Å²) < 4.78 is 10.4. The van der Waals surface area contributed by atoms with Crippen LogP contribution >= 0.6 is 0 Å². The summed E-state index contributed by atoms with van der Waals surface area (Å²) in [6.45, 7) is 1.32. The van der Waals surface area contributed by atoms with Gasteiger partial charge in [-0.2, -0.15) is 0 Å². The van der Waals surface area contributed by atoms with Crippen LogP contribution in [0.4, 0.5) is 5.69 Å². The van der Waals surface area contributed by atoms with Crippen molar-refractivity contribution in [1.29, 1.82) is 0 Å². The number of rotatable bonds is 6. The van der Waals surface area contributed by atoms with E-state index in [1.54, 1.807) is 20.4 Å². The number of nitrogens with zero attached hydrogens (tertiary/aromatic N) is 1. The Morgan fingerprint density at radius 3 is 2.58 bits per heavy atom. The first-order valence-electron chi connectivity index (χ1n) is 6.13. The second-order valence-corrected chi connectivity index (χ2v) is 4.12. The smallest absolute Gasteiger partial charge is 0.237 e. The molecule has 1 aromatic carbocycles. The highest BCUT2D eigenvalue weighted by Crippen LogP contribution is 2.21. The summed E-state index contributed by atoms with van der Waals surface area (Å²) in [6, 6.07) is 12.0. The van der Waals surface area contributed by atoms with E-state index in [0.717, 1.165) is 5.69 Å². The number of aromatic nitrogens is 1. The number of hydrogen-bond acceptors (Lipinski definition) is 4. The number of benzene rings is 1. The first-order valence-corrected chi connectivity index (χ1v) is 6.13. The Bertz CT molecular complexity index is 529. The lowest BCUT2D eigenvalue weighted by molar-refractivity contribution is 0.184. The van der Waals surface area contributed by atoms with Gasteiger partial charge in [0.1, 0.15) is 0 Å². The number of ether oxygens (including phenoxy) is 2. The van der Waals surface area contributed by atoms with Crippen molar-refractivity contribution >= 4 is 5.69 Å². The Labute approximate surface area is 113 Å². The normalized spacial score (nSPS) is 10.2. The molecule has 19 heavy (non-hydrogen) atoms. The van der Waals surface area contributed by atoms with Crippen LogP contribution in [-0.2, 0) is 17.9 Å². The largest absolute Gasteiger partial charge is 0.480 e. The van der Waals surface area contributed by atoms with E-state index >= 15 is 0 Å². The van der Waals surface area contributed by atoms with E-state index in [1.807, 2.05) is 24.3 Å². The van der Waals surface area contributed by atoms with E-state index in [4.69, 9.17) is 9.47 Å². The first-order chi connectivity index (χ1) is 9.35. The molecular formula is C15H18N2O2. The van der Waals surface area contributed by atoms with Gasteiger partial charge in [-0.1, -0.05) is 24.3 Å². The second kappa shape index (κ2) is 6.75. The van der Waals surface area contributed by atoms with Crippen LogP contribution in [0.2, 0.25) is 0 Å². The zero-order valence-electron chi connectivity index (χ0n) is 11.2. The van der Waals surface area contributed by atoms with Gasteiger partial charge in [0.2, 0.25) is 5.88 Å². The summed E-state index contributed by atoms with van der Waals surface area (Å²) >= 11 is 0. The van der Waals surface area contributed by atoms with E-state index in [-0.39, 0.29) is 0 Å². The molecule has 0 saturated carbocycles. The van der Waals surface area contributed by atoms with Crippen LogP contribution < -0.4 is 10.1 Å². The molecule has 0 radical (unpaired) electrons. The van der Waals surface area contributed by atoms with Gasteiger partial charge in [0.05, 0.1) is 19.4 Å². The molecule has 0 fully saturated rings. The molecule has 0 spiro atoms. The zero-order chi connectivity index (χ0) is 13.5. The van der Waals surface area contributed by atoms with Gasteiger partial charge in [0.15, 0.2) is 0 Å². The van der Waals surface area contributed by atoms with Gasteiger partial charge in [-0.3, -0.25) is 0 Å². The quantitative estimate of drug-likeness (QED) is 0.865. The molecule has 100 valence electrons. The Morgan fingerprint density at radius 2 is 1.84 bits per heavy atom. The van der Waals surface area contributed by atoms with Crippen molar-refractivity contribution in [3.63, 3.8) is 0 Å². The molecule has 0 atom stereocenters. The fourth-order valence-corrected chi connectivity index (χ4v) is 1.90. The minimum Gasteiger partial charge on any atom is -0.480 e. The fourth-order valence-electron chi connectivity index (χ4n) is 1.90. The van der Waals surface area contributed by atoms with Crippen molar-refractivity contribution in [2.75, 3.05) is 19.5 Å². The number of nitrogens with one attached hydrogen (secondary N) is 1. The molecule has 2 aromatic rings. The molecule has 2 rings (SSSR count). The third kappa shape index (κ3) is 3.45. The van der Waals surface area contributed by atoms with E-state index in [0.29, 0.717) is 19.0 Å². The van der Waals surface area contributed by atoms with Gasteiger partial charge in [-0.15, -0.1) is 0 Å². The molecule has 0 aliphatic rings. The molecule has 1 N–H and O–H groups in total. The van der Waals surface area contributed by atoms with Crippen LogP contribution in [0.1, 0.15) is 11.1 Å². The maximum Gasteiger partial charge on any atom is 0.237 e. The predicted octanol–water partition coefficient (Wildman–Crippen LogP) is 2.85. The number of pyridine rings is 1. The van der Waals surface area contributed by atoms with Gasteiger partial charge >= 0.3 is 0 Å². The minimum absolute atomic E-state index is 0.603. The number of methoxy groups -OCH3 is 2. The molecule has 0 saturated heterocycles. The van der Waals surface area contributed by atoms with Gasteiger partial charge < -0.3 is 14.8 Å². The number of anilines is 1. The summed E-state index contributed by atoms with van der Waals surface area (Å²) in [5.41, 5.74) is 3.27. The van der Waals surface area contributed by atoms with Crippen LogP contribution in [0, 0.1) is 0 Å². The van der Waals surface area contributed by atoms with Crippen molar-refractivity contribution in [1.82, 2.24) is 4.98 Å². The minimum atomic E-state index is 0.603. The van der Waals surface area contributed by atoms with Crippen LogP contribution in [-0.4, -0.2) is 19.2 Å². The third-order valence-corrected chi connectivity index (χ3v) is 2.85. The lowest BCUT2D eigenvalue weighted by Crippen LogP contribution is -2.05. The molecular weight excluding hydrogens is 240 g/mol. The van der Waals surface area contributed by atoms with Crippen molar-refractivity contribution in [3.8, 4) is 5.88 Å². The average molecular weight is 258 g/mol. The first kappa shape index (κ1) is 13.4. The highest BCUT2D eigenvalue weighted by Gasteiger charge is 2.05. The van der Waals surface area contributed by atoms with E-state index in [2.05, 4.69) is 22.4 Å². The lowest BCUT2D eigenvalue weighted by atomic mass is 10.1. The molecule has 0 bridgehead atoms. The molecule has 1 heterocycles. The van der Waals surface area contributed by atoms with E-state index < -0.39 is 0 Å².